The van der Waals surface area contributed by atoms with E-state index in [1.54, 1.807) is 12.1 Å². The topological polar surface area (TPSA) is 38.8 Å². The maximum atomic E-state index is 12.8. The summed E-state index contributed by atoms with van der Waals surface area (Å²) in [6.07, 6.45) is -3.71. The Bertz CT molecular complexity index is 1110. The lowest BCUT2D eigenvalue weighted by molar-refractivity contribution is -0.274. The van der Waals surface area contributed by atoms with Gasteiger partial charge in [0.15, 0.2) is 5.72 Å². The smallest absolute Gasteiger partial charge is 0.406 e. The van der Waals surface area contributed by atoms with Gasteiger partial charge in [0.05, 0.1) is 12.6 Å². The predicted octanol–water partition coefficient (Wildman–Crippen LogP) is 5.80. The summed E-state index contributed by atoms with van der Waals surface area (Å²) < 4.78 is 47.3. The average molecular weight is 439 g/mol. The van der Waals surface area contributed by atoms with Crippen molar-refractivity contribution in [3.05, 3.63) is 90.0 Å². The normalized spacial score (nSPS) is 22.8. The quantitative estimate of drug-likeness (QED) is 0.516. The van der Waals surface area contributed by atoms with Crippen molar-refractivity contribution < 1.29 is 27.4 Å². The number of carbonyl (C=O) groups excluding carboxylic acids is 1. The third-order valence-electron chi connectivity index (χ3n) is 6.07. The van der Waals surface area contributed by atoms with Crippen LogP contribution in [0.5, 0.6) is 5.75 Å². The van der Waals surface area contributed by atoms with Crippen LogP contribution in [0.25, 0.3) is 11.1 Å². The second-order valence-corrected chi connectivity index (χ2v) is 7.94. The van der Waals surface area contributed by atoms with Crippen LogP contribution in [-0.4, -0.2) is 23.8 Å². The Labute approximate surface area is 183 Å². The largest absolute Gasteiger partial charge is 0.573 e. The van der Waals surface area contributed by atoms with E-state index in [2.05, 4.69) is 4.74 Å². The summed E-state index contributed by atoms with van der Waals surface area (Å²) >= 11 is 0. The Morgan fingerprint density at radius 2 is 1.53 bits per heavy atom. The second kappa shape index (κ2) is 7.67. The van der Waals surface area contributed by atoms with Crippen LogP contribution in [0, 0.1) is 0 Å². The van der Waals surface area contributed by atoms with E-state index < -0.39 is 12.1 Å². The summed E-state index contributed by atoms with van der Waals surface area (Å²) in [6, 6.07) is 23.1. The van der Waals surface area contributed by atoms with Crippen molar-refractivity contribution in [1.29, 1.82) is 0 Å². The van der Waals surface area contributed by atoms with E-state index in [0.717, 1.165) is 22.3 Å². The summed E-state index contributed by atoms with van der Waals surface area (Å²) in [5.41, 5.74) is 2.75. The fourth-order valence-corrected chi connectivity index (χ4v) is 4.64. The van der Waals surface area contributed by atoms with Gasteiger partial charge in [-0.05, 0) is 28.8 Å². The molecular weight excluding hydrogens is 419 g/mol. The van der Waals surface area contributed by atoms with Gasteiger partial charge in [-0.25, -0.2) is 0 Å². The Morgan fingerprint density at radius 1 is 0.906 bits per heavy atom. The minimum atomic E-state index is -4.72. The summed E-state index contributed by atoms with van der Waals surface area (Å²) in [5.74, 6) is -0.191. The van der Waals surface area contributed by atoms with Crippen molar-refractivity contribution in [2.45, 2.75) is 31.0 Å². The van der Waals surface area contributed by atoms with Gasteiger partial charge in [-0.2, -0.15) is 0 Å². The molecule has 3 aromatic rings. The molecule has 2 aliphatic rings. The second-order valence-electron chi connectivity index (χ2n) is 7.94. The lowest BCUT2D eigenvalue weighted by atomic mass is 9.96. The van der Waals surface area contributed by atoms with Crippen LogP contribution in [0.2, 0.25) is 0 Å². The number of halogens is 3. The van der Waals surface area contributed by atoms with E-state index in [1.807, 2.05) is 59.5 Å². The van der Waals surface area contributed by atoms with Gasteiger partial charge < -0.3 is 14.4 Å². The van der Waals surface area contributed by atoms with E-state index in [9.17, 15) is 18.0 Å². The standard InChI is InChI=1S/C25H20F3NO3/c26-25(27,28)32-21-12-8-18(9-13-21)17-6-10-20(11-7-17)24-15-14-23(30)29(24)22(16-31-24)19-4-2-1-3-5-19/h1-13,22H,14-16H2. The van der Waals surface area contributed by atoms with E-state index in [0.29, 0.717) is 19.4 Å². The highest BCUT2D eigenvalue weighted by atomic mass is 19.4. The van der Waals surface area contributed by atoms with Gasteiger partial charge in [-0.3, -0.25) is 4.79 Å². The highest BCUT2D eigenvalue weighted by Crippen LogP contribution is 2.51. The number of ether oxygens (including phenoxy) is 2. The highest BCUT2D eigenvalue weighted by Gasteiger charge is 2.55. The summed E-state index contributed by atoms with van der Waals surface area (Å²) in [4.78, 5) is 14.7. The molecule has 2 aliphatic heterocycles. The number of carbonyl (C=O) groups is 1. The van der Waals surface area contributed by atoms with Crippen LogP contribution < -0.4 is 4.74 Å². The van der Waals surface area contributed by atoms with Gasteiger partial charge in [-0.15, -0.1) is 13.2 Å². The number of hydrogen-bond acceptors (Lipinski definition) is 3. The number of hydrogen-bond donors (Lipinski definition) is 0. The summed E-state index contributed by atoms with van der Waals surface area (Å²) in [6.45, 7) is 0.429. The average Bonchev–Trinajstić information content (AvgIpc) is 3.33. The molecular formula is C25H20F3NO3. The van der Waals surface area contributed by atoms with E-state index in [1.165, 1.54) is 12.1 Å². The maximum absolute atomic E-state index is 12.8. The number of rotatable bonds is 4. The molecule has 2 heterocycles. The first-order chi connectivity index (χ1) is 15.4. The van der Waals surface area contributed by atoms with E-state index in [-0.39, 0.29) is 17.7 Å². The van der Waals surface area contributed by atoms with Gasteiger partial charge in [0.25, 0.3) is 0 Å². The van der Waals surface area contributed by atoms with Gasteiger partial charge in [0.2, 0.25) is 5.91 Å². The monoisotopic (exact) mass is 439 g/mol. The molecule has 3 aromatic carbocycles. The Morgan fingerprint density at radius 3 is 2.16 bits per heavy atom. The molecule has 2 unspecified atom stereocenters. The van der Waals surface area contributed by atoms with Crippen molar-refractivity contribution in [2.24, 2.45) is 0 Å². The minimum absolute atomic E-state index is 0.0701. The lowest BCUT2D eigenvalue weighted by Crippen LogP contribution is -2.40. The Kier molecular flexibility index (Phi) is 4.93. The number of fused-ring (bicyclic) bond motifs is 1. The maximum Gasteiger partial charge on any atom is 0.573 e. The van der Waals surface area contributed by atoms with Crippen molar-refractivity contribution in [2.75, 3.05) is 6.61 Å². The molecule has 0 spiro atoms. The molecule has 0 radical (unpaired) electrons. The number of alkyl halides is 3. The fourth-order valence-electron chi connectivity index (χ4n) is 4.64. The first-order valence-corrected chi connectivity index (χ1v) is 10.3. The number of nitrogens with zero attached hydrogens (tertiary/aromatic N) is 1. The zero-order chi connectivity index (χ0) is 22.3. The first kappa shape index (κ1) is 20.6. The molecule has 5 rings (SSSR count). The Balaban J connectivity index is 1.41. The van der Waals surface area contributed by atoms with Crippen LogP contribution in [-0.2, 0) is 15.3 Å². The lowest BCUT2D eigenvalue weighted by Gasteiger charge is -2.33. The first-order valence-electron chi connectivity index (χ1n) is 10.3. The predicted molar refractivity (Wildman–Crippen MR) is 111 cm³/mol. The van der Waals surface area contributed by atoms with Crippen LogP contribution >= 0.6 is 0 Å². The van der Waals surface area contributed by atoms with Gasteiger partial charge >= 0.3 is 6.36 Å². The number of benzene rings is 3. The molecule has 0 aromatic heterocycles. The Hall–Kier alpha value is -3.32. The molecule has 7 heteroatoms. The number of amides is 1. The van der Waals surface area contributed by atoms with Crippen molar-refractivity contribution in [3.8, 4) is 16.9 Å². The fraction of sp³-hybridized carbons (Fsp3) is 0.240. The SMILES string of the molecule is O=C1CCC2(c3ccc(-c4ccc(OC(F)(F)F)cc4)cc3)OCC(c3ccccc3)N12. The summed E-state index contributed by atoms with van der Waals surface area (Å²) in [5, 5.41) is 0. The third kappa shape index (κ3) is 3.62. The zero-order valence-corrected chi connectivity index (χ0v) is 17.0. The van der Waals surface area contributed by atoms with Crippen molar-refractivity contribution >= 4 is 5.91 Å². The molecule has 2 saturated heterocycles. The van der Waals surface area contributed by atoms with Crippen LogP contribution in [0.1, 0.15) is 30.0 Å². The van der Waals surface area contributed by atoms with Crippen LogP contribution in [0.15, 0.2) is 78.9 Å². The molecule has 0 aliphatic carbocycles. The van der Waals surface area contributed by atoms with Crippen LogP contribution in [0.4, 0.5) is 13.2 Å². The van der Waals surface area contributed by atoms with Gasteiger partial charge in [0.1, 0.15) is 5.75 Å². The third-order valence-corrected chi connectivity index (χ3v) is 6.07. The van der Waals surface area contributed by atoms with E-state index >= 15 is 0 Å². The molecule has 0 bridgehead atoms. The zero-order valence-electron chi connectivity index (χ0n) is 17.0. The molecule has 1 amide bonds. The highest BCUT2D eigenvalue weighted by molar-refractivity contribution is 5.81. The molecule has 2 atom stereocenters. The van der Waals surface area contributed by atoms with E-state index in [4.69, 9.17) is 4.74 Å². The molecule has 164 valence electrons. The van der Waals surface area contributed by atoms with Gasteiger partial charge in [-0.1, -0.05) is 66.7 Å². The van der Waals surface area contributed by atoms with Crippen LogP contribution in [0.3, 0.4) is 0 Å². The van der Waals surface area contributed by atoms with Crippen molar-refractivity contribution in [3.63, 3.8) is 0 Å². The molecule has 0 saturated carbocycles. The molecule has 0 N–H and O–H groups in total. The van der Waals surface area contributed by atoms with Gasteiger partial charge in [0, 0.05) is 18.4 Å². The molecule has 2 fully saturated rings. The molecule has 32 heavy (non-hydrogen) atoms. The van der Waals surface area contributed by atoms with Crippen molar-refractivity contribution in [1.82, 2.24) is 4.90 Å². The molecule has 4 nitrogen and oxygen atoms in total. The summed E-state index contributed by atoms with van der Waals surface area (Å²) in [7, 11) is 0. The minimum Gasteiger partial charge on any atom is -0.406 e.